The van der Waals surface area contributed by atoms with Gasteiger partial charge in [-0.05, 0) is 6.92 Å². The first kappa shape index (κ1) is 13.1. The summed E-state index contributed by atoms with van der Waals surface area (Å²) in [6, 6.07) is 0. The summed E-state index contributed by atoms with van der Waals surface area (Å²) in [6.45, 7) is 2.85. The SMILES string of the molecule is Cc1nccn1CCSc1nc(CC(=O)O)cs1. The number of aromatic nitrogens is 3. The predicted molar refractivity (Wildman–Crippen MR) is 71.1 cm³/mol. The number of rotatable bonds is 6. The second-order valence-electron chi connectivity index (χ2n) is 3.69. The molecular weight excluding hydrogens is 270 g/mol. The molecule has 0 aliphatic heterocycles. The Morgan fingerprint density at radius 1 is 1.61 bits per heavy atom. The summed E-state index contributed by atoms with van der Waals surface area (Å²) in [5, 5.41) is 10.5. The highest BCUT2D eigenvalue weighted by Crippen LogP contribution is 2.23. The first-order valence-electron chi connectivity index (χ1n) is 5.42. The third-order valence-corrected chi connectivity index (χ3v) is 4.39. The van der Waals surface area contributed by atoms with Crippen LogP contribution in [0.4, 0.5) is 0 Å². The summed E-state index contributed by atoms with van der Waals surface area (Å²) in [5.41, 5.74) is 0.633. The quantitative estimate of drug-likeness (QED) is 0.822. The van der Waals surface area contributed by atoms with Crippen LogP contribution in [0.1, 0.15) is 11.5 Å². The maximum Gasteiger partial charge on any atom is 0.309 e. The Morgan fingerprint density at radius 2 is 2.44 bits per heavy atom. The lowest BCUT2D eigenvalue weighted by atomic mass is 10.3. The van der Waals surface area contributed by atoms with Crippen LogP contribution >= 0.6 is 23.1 Å². The van der Waals surface area contributed by atoms with Gasteiger partial charge in [-0.3, -0.25) is 4.79 Å². The highest BCUT2D eigenvalue weighted by molar-refractivity contribution is 8.00. The van der Waals surface area contributed by atoms with Gasteiger partial charge in [0.15, 0.2) is 0 Å². The number of imidazole rings is 1. The Balaban J connectivity index is 1.82. The summed E-state index contributed by atoms with van der Waals surface area (Å²) >= 11 is 3.14. The van der Waals surface area contributed by atoms with Gasteiger partial charge in [-0.25, -0.2) is 9.97 Å². The van der Waals surface area contributed by atoms with Crippen molar-refractivity contribution < 1.29 is 9.90 Å². The monoisotopic (exact) mass is 283 g/mol. The van der Waals surface area contributed by atoms with E-state index in [1.807, 2.05) is 13.1 Å². The van der Waals surface area contributed by atoms with Gasteiger partial charge >= 0.3 is 5.97 Å². The van der Waals surface area contributed by atoms with E-state index in [1.54, 1.807) is 23.3 Å². The van der Waals surface area contributed by atoms with Gasteiger partial charge < -0.3 is 9.67 Å². The fourth-order valence-corrected chi connectivity index (χ4v) is 3.32. The zero-order valence-electron chi connectivity index (χ0n) is 9.87. The Bertz CT molecular complexity index is 536. The summed E-state index contributed by atoms with van der Waals surface area (Å²) < 4.78 is 3.00. The Labute approximate surface area is 113 Å². The van der Waals surface area contributed by atoms with E-state index in [0.717, 1.165) is 22.5 Å². The molecule has 2 aromatic rings. The zero-order valence-corrected chi connectivity index (χ0v) is 11.5. The molecular formula is C11H13N3O2S2. The zero-order chi connectivity index (χ0) is 13.0. The van der Waals surface area contributed by atoms with E-state index in [4.69, 9.17) is 5.11 Å². The van der Waals surface area contributed by atoms with E-state index in [0.29, 0.717) is 5.69 Å². The molecule has 2 aromatic heterocycles. The molecule has 0 fully saturated rings. The number of carbonyl (C=O) groups is 1. The van der Waals surface area contributed by atoms with Gasteiger partial charge in [0, 0.05) is 30.1 Å². The third-order valence-electron chi connectivity index (χ3n) is 2.34. The number of thiazole rings is 1. The number of aryl methyl sites for hydroxylation is 2. The lowest BCUT2D eigenvalue weighted by molar-refractivity contribution is -0.136. The lowest BCUT2D eigenvalue weighted by Gasteiger charge is -2.02. The van der Waals surface area contributed by atoms with E-state index in [-0.39, 0.29) is 6.42 Å². The fraction of sp³-hybridized carbons (Fsp3) is 0.364. The summed E-state index contributed by atoms with van der Waals surface area (Å²) in [4.78, 5) is 19.0. The number of carboxylic acid groups (broad SMARTS) is 1. The van der Waals surface area contributed by atoms with Gasteiger partial charge in [0.2, 0.25) is 0 Å². The Hall–Kier alpha value is -1.34. The highest BCUT2D eigenvalue weighted by Gasteiger charge is 2.06. The minimum atomic E-state index is -0.842. The van der Waals surface area contributed by atoms with E-state index >= 15 is 0 Å². The van der Waals surface area contributed by atoms with Gasteiger partial charge in [0.25, 0.3) is 0 Å². The second-order valence-corrected chi connectivity index (χ2v) is 5.89. The largest absolute Gasteiger partial charge is 0.481 e. The molecule has 18 heavy (non-hydrogen) atoms. The van der Waals surface area contributed by atoms with E-state index in [2.05, 4.69) is 14.5 Å². The van der Waals surface area contributed by atoms with Crippen molar-refractivity contribution in [1.29, 1.82) is 0 Å². The minimum Gasteiger partial charge on any atom is -0.481 e. The van der Waals surface area contributed by atoms with Gasteiger partial charge in [0.05, 0.1) is 12.1 Å². The van der Waals surface area contributed by atoms with Crippen molar-refractivity contribution in [2.75, 3.05) is 5.75 Å². The molecule has 1 N–H and O–H groups in total. The smallest absolute Gasteiger partial charge is 0.309 e. The fourth-order valence-electron chi connectivity index (χ4n) is 1.46. The summed E-state index contributed by atoms with van der Waals surface area (Å²) in [5.74, 6) is 1.06. The normalized spacial score (nSPS) is 10.7. The molecule has 0 bridgehead atoms. The molecule has 0 unspecified atom stereocenters. The molecule has 0 spiro atoms. The number of hydrogen-bond donors (Lipinski definition) is 1. The molecule has 0 aromatic carbocycles. The molecule has 0 radical (unpaired) electrons. The maximum atomic E-state index is 10.5. The Kier molecular flexibility index (Phi) is 4.38. The number of nitrogens with zero attached hydrogens (tertiary/aromatic N) is 3. The first-order valence-corrected chi connectivity index (χ1v) is 7.28. The molecule has 0 aliphatic rings. The van der Waals surface area contributed by atoms with Crippen LogP contribution in [0.5, 0.6) is 0 Å². The van der Waals surface area contributed by atoms with Gasteiger partial charge in [0.1, 0.15) is 10.2 Å². The minimum absolute atomic E-state index is 0.00229. The molecule has 0 atom stereocenters. The standard InChI is InChI=1S/C11H13N3O2S2/c1-8-12-2-3-14(8)4-5-17-11-13-9(7-18-11)6-10(15)16/h2-3,7H,4-6H2,1H3,(H,15,16). The maximum absolute atomic E-state index is 10.5. The van der Waals surface area contributed by atoms with Crippen molar-refractivity contribution in [3.8, 4) is 0 Å². The number of thioether (sulfide) groups is 1. The second kappa shape index (κ2) is 6.01. The van der Waals surface area contributed by atoms with Gasteiger partial charge in [-0.15, -0.1) is 11.3 Å². The van der Waals surface area contributed by atoms with Gasteiger partial charge in [-0.2, -0.15) is 0 Å². The molecule has 7 heteroatoms. The molecule has 2 heterocycles. The van der Waals surface area contributed by atoms with Crippen molar-refractivity contribution in [3.05, 3.63) is 29.3 Å². The van der Waals surface area contributed by atoms with Crippen LogP contribution in [0.25, 0.3) is 0 Å². The number of carboxylic acids is 1. The van der Waals surface area contributed by atoms with Crippen LogP contribution in [-0.2, 0) is 17.8 Å². The average Bonchev–Trinajstić information content (AvgIpc) is 2.89. The lowest BCUT2D eigenvalue weighted by Crippen LogP contribution is -2.01. The van der Waals surface area contributed by atoms with Crippen LogP contribution in [0.3, 0.4) is 0 Å². The van der Waals surface area contributed by atoms with E-state index in [1.165, 1.54) is 11.3 Å². The average molecular weight is 283 g/mol. The molecule has 0 aliphatic carbocycles. The van der Waals surface area contributed by atoms with Crippen LogP contribution in [0.15, 0.2) is 22.1 Å². The first-order chi connectivity index (χ1) is 8.65. The molecule has 2 rings (SSSR count). The van der Waals surface area contributed by atoms with Crippen molar-refractivity contribution in [2.24, 2.45) is 0 Å². The van der Waals surface area contributed by atoms with Crippen LogP contribution in [0, 0.1) is 6.92 Å². The Morgan fingerprint density at radius 3 is 3.11 bits per heavy atom. The summed E-state index contributed by atoms with van der Waals surface area (Å²) in [6.07, 6.45) is 3.74. The van der Waals surface area contributed by atoms with Crippen molar-refractivity contribution in [3.63, 3.8) is 0 Å². The molecule has 96 valence electrons. The summed E-state index contributed by atoms with van der Waals surface area (Å²) in [7, 11) is 0. The van der Waals surface area contributed by atoms with E-state index < -0.39 is 5.97 Å². The highest BCUT2D eigenvalue weighted by atomic mass is 32.2. The van der Waals surface area contributed by atoms with Crippen LogP contribution < -0.4 is 0 Å². The van der Waals surface area contributed by atoms with Gasteiger partial charge in [-0.1, -0.05) is 11.8 Å². The van der Waals surface area contributed by atoms with Crippen molar-refractivity contribution in [2.45, 2.75) is 24.2 Å². The topological polar surface area (TPSA) is 68.0 Å². The molecule has 0 saturated heterocycles. The molecule has 0 saturated carbocycles. The third kappa shape index (κ3) is 3.58. The van der Waals surface area contributed by atoms with Crippen LogP contribution in [-0.4, -0.2) is 31.4 Å². The van der Waals surface area contributed by atoms with E-state index in [9.17, 15) is 4.79 Å². The molecule has 5 nitrogen and oxygen atoms in total. The molecule has 0 amide bonds. The van der Waals surface area contributed by atoms with Crippen molar-refractivity contribution in [1.82, 2.24) is 14.5 Å². The van der Waals surface area contributed by atoms with Crippen molar-refractivity contribution >= 4 is 29.1 Å². The number of aliphatic carboxylic acids is 1. The predicted octanol–water partition coefficient (Wildman–Crippen LogP) is 2.07. The number of hydrogen-bond acceptors (Lipinski definition) is 5. The van der Waals surface area contributed by atoms with Crippen LogP contribution in [0.2, 0.25) is 0 Å².